The van der Waals surface area contributed by atoms with Gasteiger partial charge in [-0.05, 0) is 12.8 Å². The number of carbonyl (C=O) groups excluding carboxylic acids is 1. The molecule has 0 bridgehead atoms. The molecule has 0 spiro atoms. The van der Waals surface area contributed by atoms with Crippen LogP contribution >= 0.6 is 0 Å². The van der Waals surface area contributed by atoms with E-state index in [1.807, 2.05) is 0 Å². The molecule has 0 aliphatic rings. The molecule has 0 rings (SSSR count). The van der Waals surface area contributed by atoms with E-state index in [9.17, 15) is 24.9 Å². The standard InChI is InChI=1S/C22H40O5/c1-3-5-7-9-11-13-14-16-18(23)20(22(26)27)21(25)19(24)17-15-12-10-8-6-4-2/h19,24-25H,3-17H2,1-2H3,(H,26,27). The third-order valence-electron chi connectivity index (χ3n) is 4.90. The van der Waals surface area contributed by atoms with Crippen molar-refractivity contribution in [2.45, 2.75) is 116 Å². The molecule has 5 heteroatoms. The molecule has 5 nitrogen and oxygen atoms in total. The number of ketones is 1. The molecule has 0 aromatic rings. The number of hydrogen-bond acceptors (Lipinski definition) is 4. The van der Waals surface area contributed by atoms with E-state index in [1.165, 1.54) is 25.7 Å². The van der Waals surface area contributed by atoms with Gasteiger partial charge in [0.05, 0.1) is 0 Å². The lowest BCUT2D eigenvalue weighted by atomic mass is 9.99. The van der Waals surface area contributed by atoms with Crippen molar-refractivity contribution in [2.24, 2.45) is 0 Å². The Morgan fingerprint density at radius 2 is 1.15 bits per heavy atom. The second-order valence-corrected chi connectivity index (χ2v) is 7.43. The Morgan fingerprint density at radius 1 is 0.704 bits per heavy atom. The van der Waals surface area contributed by atoms with E-state index >= 15 is 0 Å². The largest absolute Gasteiger partial charge is 0.509 e. The number of carboxylic acid groups (broad SMARTS) is 1. The van der Waals surface area contributed by atoms with Crippen LogP contribution in [0.5, 0.6) is 0 Å². The first kappa shape index (κ1) is 25.6. The number of aliphatic hydroxyl groups excluding tert-OH is 2. The fraction of sp³-hybridized carbons (Fsp3) is 0.818. The van der Waals surface area contributed by atoms with Crippen molar-refractivity contribution in [1.82, 2.24) is 0 Å². The van der Waals surface area contributed by atoms with Crippen molar-refractivity contribution in [3.63, 3.8) is 0 Å². The lowest BCUT2D eigenvalue weighted by Gasteiger charge is -2.13. The average Bonchev–Trinajstić information content (AvgIpc) is 2.63. The Hall–Kier alpha value is -1.36. The summed E-state index contributed by atoms with van der Waals surface area (Å²) >= 11 is 0. The summed E-state index contributed by atoms with van der Waals surface area (Å²) in [7, 11) is 0. The third-order valence-corrected chi connectivity index (χ3v) is 4.90. The third kappa shape index (κ3) is 12.6. The fourth-order valence-electron chi connectivity index (χ4n) is 3.16. The number of carbonyl (C=O) groups is 2. The summed E-state index contributed by atoms with van der Waals surface area (Å²) in [6, 6.07) is 0. The molecule has 0 aliphatic carbocycles. The van der Waals surface area contributed by atoms with Gasteiger partial charge in [-0.3, -0.25) is 4.79 Å². The first-order valence-electron chi connectivity index (χ1n) is 10.8. The summed E-state index contributed by atoms with van der Waals surface area (Å²) in [6.07, 6.45) is 12.5. The number of unbranched alkanes of at least 4 members (excludes halogenated alkanes) is 11. The zero-order chi connectivity index (χ0) is 20.5. The number of carboxylic acids is 1. The van der Waals surface area contributed by atoms with Gasteiger partial charge >= 0.3 is 5.97 Å². The highest BCUT2D eigenvalue weighted by atomic mass is 16.4. The molecule has 0 aromatic heterocycles. The summed E-state index contributed by atoms with van der Waals surface area (Å²) in [5.41, 5.74) is -0.639. The van der Waals surface area contributed by atoms with Gasteiger partial charge in [-0.25, -0.2) is 4.79 Å². The molecule has 1 unspecified atom stereocenters. The average molecular weight is 385 g/mol. The maximum atomic E-state index is 12.2. The van der Waals surface area contributed by atoms with Gasteiger partial charge in [0.2, 0.25) is 0 Å². The van der Waals surface area contributed by atoms with Crippen LogP contribution in [0.2, 0.25) is 0 Å². The maximum Gasteiger partial charge on any atom is 0.342 e. The Balaban J connectivity index is 4.37. The Labute approximate surface area is 164 Å². The molecule has 3 N–H and O–H groups in total. The van der Waals surface area contributed by atoms with Crippen molar-refractivity contribution in [3.05, 3.63) is 11.3 Å². The molecule has 0 saturated carbocycles. The lowest BCUT2D eigenvalue weighted by Crippen LogP contribution is -2.21. The van der Waals surface area contributed by atoms with Gasteiger partial charge in [0.25, 0.3) is 0 Å². The van der Waals surface area contributed by atoms with Gasteiger partial charge in [-0.2, -0.15) is 0 Å². The zero-order valence-corrected chi connectivity index (χ0v) is 17.3. The second kappa shape index (κ2) is 16.8. The number of rotatable bonds is 18. The lowest BCUT2D eigenvalue weighted by molar-refractivity contribution is -0.135. The van der Waals surface area contributed by atoms with E-state index < -0.39 is 29.2 Å². The molecule has 158 valence electrons. The second-order valence-electron chi connectivity index (χ2n) is 7.43. The van der Waals surface area contributed by atoms with Crippen LogP contribution in [0, 0.1) is 0 Å². The summed E-state index contributed by atoms with van der Waals surface area (Å²) in [5, 5.41) is 29.4. The van der Waals surface area contributed by atoms with Crippen molar-refractivity contribution < 1.29 is 24.9 Å². The van der Waals surface area contributed by atoms with Crippen molar-refractivity contribution in [3.8, 4) is 0 Å². The normalized spacial score (nSPS) is 13.3. The molecule has 0 amide bonds. The highest BCUT2D eigenvalue weighted by molar-refractivity contribution is 6.17. The summed E-state index contributed by atoms with van der Waals surface area (Å²) < 4.78 is 0. The summed E-state index contributed by atoms with van der Waals surface area (Å²) in [5.74, 6) is -2.72. The predicted molar refractivity (Wildman–Crippen MR) is 109 cm³/mol. The summed E-state index contributed by atoms with van der Waals surface area (Å²) in [6.45, 7) is 4.30. The molecule has 0 saturated heterocycles. The molecule has 0 radical (unpaired) electrons. The van der Waals surface area contributed by atoms with Crippen LogP contribution in [0.25, 0.3) is 0 Å². The van der Waals surface area contributed by atoms with E-state index in [0.29, 0.717) is 12.8 Å². The van der Waals surface area contributed by atoms with Crippen molar-refractivity contribution >= 4 is 11.8 Å². The van der Waals surface area contributed by atoms with Crippen LogP contribution in [0.15, 0.2) is 11.3 Å². The molecular formula is C22H40O5. The quantitative estimate of drug-likeness (QED) is 0.0925. The van der Waals surface area contributed by atoms with Crippen LogP contribution in [0.4, 0.5) is 0 Å². The van der Waals surface area contributed by atoms with Crippen LogP contribution < -0.4 is 0 Å². The fourth-order valence-corrected chi connectivity index (χ4v) is 3.16. The first-order chi connectivity index (χ1) is 13.0. The number of hydrogen-bond donors (Lipinski definition) is 3. The monoisotopic (exact) mass is 384 g/mol. The molecule has 0 fully saturated rings. The van der Waals surface area contributed by atoms with Gasteiger partial charge in [-0.15, -0.1) is 0 Å². The minimum Gasteiger partial charge on any atom is -0.509 e. The molecule has 1 atom stereocenters. The van der Waals surface area contributed by atoms with E-state index in [0.717, 1.165) is 44.9 Å². The van der Waals surface area contributed by atoms with Crippen LogP contribution in [0.1, 0.15) is 110 Å². The van der Waals surface area contributed by atoms with Crippen LogP contribution in [-0.4, -0.2) is 33.2 Å². The van der Waals surface area contributed by atoms with E-state index in [2.05, 4.69) is 13.8 Å². The zero-order valence-electron chi connectivity index (χ0n) is 17.3. The van der Waals surface area contributed by atoms with Gasteiger partial charge in [0, 0.05) is 6.42 Å². The molecule has 27 heavy (non-hydrogen) atoms. The van der Waals surface area contributed by atoms with Gasteiger partial charge in [0.1, 0.15) is 17.4 Å². The van der Waals surface area contributed by atoms with E-state index in [-0.39, 0.29) is 12.8 Å². The molecule has 0 aliphatic heterocycles. The predicted octanol–water partition coefficient (Wildman–Crippen LogP) is 5.70. The topological polar surface area (TPSA) is 94.8 Å². The van der Waals surface area contributed by atoms with Crippen LogP contribution in [0.3, 0.4) is 0 Å². The van der Waals surface area contributed by atoms with Crippen molar-refractivity contribution in [1.29, 1.82) is 0 Å². The van der Waals surface area contributed by atoms with Gasteiger partial charge in [-0.1, -0.05) is 90.9 Å². The number of aliphatic hydroxyl groups is 2. The van der Waals surface area contributed by atoms with E-state index in [1.54, 1.807) is 0 Å². The molecule has 0 aromatic carbocycles. The Morgan fingerprint density at radius 3 is 1.63 bits per heavy atom. The minimum absolute atomic E-state index is 0.100. The SMILES string of the molecule is CCCCCCCCCC(=O)C(C(=O)O)=C(O)C(O)CCCCCCCC. The Kier molecular flexibility index (Phi) is 15.9. The highest BCUT2D eigenvalue weighted by Crippen LogP contribution is 2.18. The van der Waals surface area contributed by atoms with E-state index in [4.69, 9.17) is 0 Å². The number of aliphatic carboxylic acids is 1. The molecular weight excluding hydrogens is 344 g/mol. The van der Waals surface area contributed by atoms with Gasteiger partial charge < -0.3 is 15.3 Å². The smallest absolute Gasteiger partial charge is 0.342 e. The summed E-state index contributed by atoms with van der Waals surface area (Å²) in [4.78, 5) is 23.6. The Bertz CT molecular complexity index is 442. The maximum absolute atomic E-state index is 12.2. The minimum atomic E-state index is -1.46. The molecule has 0 heterocycles. The van der Waals surface area contributed by atoms with Crippen molar-refractivity contribution in [2.75, 3.05) is 0 Å². The highest BCUT2D eigenvalue weighted by Gasteiger charge is 2.26. The van der Waals surface area contributed by atoms with Gasteiger partial charge in [0.15, 0.2) is 5.78 Å². The van der Waals surface area contributed by atoms with Crippen LogP contribution in [-0.2, 0) is 9.59 Å². The first-order valence-corrected chi connectivity index (χ1v) is 10.8. The number of Topliss-reactive ketones (excluding diaryl/α,β-unsaturated/α-hetero) is 1.